The molecule has 1 amide bonds. The van der Waals surface area contributed by atoms with Crippen molar-refractivity contribution in [2.45, 2.75) is 11.8 Å². The van der Waals surface area contributed by atoms with Crippen LogP contribution in [0, 0.1) is 6.92 Å². The molecular weight excluding hydrogens is 430 g/mol. The van der Waals surface area contributed by atoms with Gasteiger partial charge < -0.3 is 10.1 Å². The number of ether oxygens (including phenoxy) is 1. The molecule has 0 bridgehead atoms. The number of sulfonamides is 1. The number of carbonyl (C=O) groups is 1. The smallest absolute Gasteiger partial charge is 0.278 e. The highest BCUT2D eigenvalue weighted by Crippen LogP contribution is 2.29. The zero-order chi connectivity index (χ0) is 22.1. The van der Waals surface area contributed by atoms with E-state index in [1.165, 1.54) is 44.2 Å². The maximum atomic E-state index is 12.8. The second-order valence-corrected chi connectivity index (χ2v) is 9.10. The normalized spacial score (nSPS) is 11.5. The lowest BCUT2D eigenvalue weighted by molar-refractivity contribution is 0.102. The van der Waals surface area contributed by atoms with Crippen LogP contribution in [0.25, 0.3) is 5.69 Å². The fourth-order valence-electron chi connectivity index (χ4n) is 2.64. The highest BCUT2D eigenvalue weighted by Gasteiger charge is 2.22. The Morgan fingerprint density at radius 1 is 1.17 bits per heavy atom. The summed E-state index contributed by atoms with van der Waals surface area (Å²) in [6.45, 7) is 1.65. The largest absolute Gasteiger partial charge is 0.495 e. The van der Waals surface area contributed by atoms with E-state index in [0.29, 0.717) is 22.2 Å². The van der Waals surface area contributed by atoms with Crippen molar-refractivity contribution in [1.29, 1.82) is 0 Å². The lowest BCUT2D eigenvalue weighted by atomic mass is 10.2. The molecule has 0 saturated carbocycles. The predicted molar refractivity (Wildman–Crippen MR) is 113 cm³/mol. The quantitative estimate of drug-likeness (QED) is 0.620. The summed E-state index contributed by atoms with van der Waals surface area (Å²) in [6.07, 6.45) is 0. The van der Waals surface area contributed by atoms with E-state index in [0.717, 1.165) is 4.31 Å². The molecule has 11 heteroatoms. The number of aryl methyl sites for hydroxylation is 1. The van der Waals surface area contributed by atoms with E-state index >= 15 is 0 Å². The average Bonchev–Trinajstić information content (AvgIpc) is 3.09. The Bertz CT molecular complexity index is 1210. The van der Waals surface area contributed by atoms with Crippen molar-refractivity contribution < 1.29 is 17.9 Å². The maximum Gasteiger partial charge on any atom is 0.278 e. The summed E-state index contributed by atoms with van der Waals surface area (Å²) in [5.41, 5.74) is 1.27. The molecule has 0 aliphatic heterocycles. The number of rotatable bonds is 6. The summed E-state index contributed by atoms with van der Waals surface area (Å²) in [5, 5.41) is 11.7. The molecule has 0 fully saturated rings. The lowest BCUT2D eigenvalue weighted by Crippen LogP contribution is -2.22. The van der Waals surface area contributed by atoms with Crippen LogP contribution in [0.1, 0.15) is 16.2 Å². The number of methoxy groups -OCH3 is 1. The van der Waals surface area contributed by atoms with Gasteiger partial charge in [-0.15, -0.1) is 5.10 Å². The molecular formula is C19H20ClN5O4S. The van der Waals surface area contributed by atoms with E-state index in [9.17, 15) is 13.2 Å². The van der Waals surface area contributed by atoms with E-state index in [4.69, 9.17) is 16.3 Å². The minimum atomic E-state index is -3.69. The number of carbonyl (C=O) groups excluding carboxylic acids is 1. The topological polar surface area (TPSA) is 106 Å². The van der Waals surface area contributed by atoms with Crippen LogP contribution in [-0.2, 0) is 10.0 Å². The maximum absolute atomic E-state index is 12.8. The summed E-state index contributed by atoms with van der Waals surface area (Å²) < 4.78 is 31.2. The van der Waals surface area contributed by atoms with Crippen molar-refractivity contribution >= 4 is 33.2 Å². The van der Waals surface area contributed by atoms with Crippen LogP contribution in [0.15, 0.2) is 47.4 Å². The third kappa shape index (κ3) is 4.30. The van der Waals surface area contributed by atoms with Crippen molar-refractivity contribution in [3.63, 3.8) is 0 Å². The molecule has 0 saturated heterocycles. The molecule has 0 spiro atoms. The van der Waals surface area contributed by atoms with E-state index in [1.807, 2.05) is 0 Å². The molecule has 0 aliphatic carbocycles. The third-order valence-corrected chi connectivity index (χ3v) is 6.28. The fraction of sp³-hybridized carbons (Fsp3) is 0.211. The van der Waals surface area contributed by atoms with Crippen LogP contribution in [0.2, 0.25) is 5.02 Å². The first-order valence-corrected chi connectivity index (χ1v) is 10.6. The number of hydrogen-bond donors (Lipinski definition) is 1. The number of halogens is 1. The van der Waals surface area contributed by atoms with Gasteiger partial charge in [0, 0.05) is 19.1 Å². The highest BCUT2D eigenvalue weighted by atomic mass is 35.5. The second kappa shape index (κ2) is 8.42. The fourth-order valence-corrected chi connectivity index (χ4v) is 3.76. The van der Waals surface area contributed by atoms with Gasteiger partial charge >= 0.3 is 0 Å². The number of aromatic nitrogens is 3. The Labute approximate surface area is 179 Å². The van der Waals surface area contributed by atoms with Crippen LogP contribution in [0.5, 0.6) is 5.75 Å². The Morgan fingerprint density at radius 2 is 1.90 bits per heavy atom. The summed E-state index contributed by atoms with van der Waals surface area (Å²) in [5.74, 6) is -0.251. The van der Waals surface area contributed by atoms with E-state index in [1.54, 1.807) is 31.2 Å². The van der Waals surface area contributed by atoms with Crippen molar-refractivity contribution in [2.24, 2.45) is 0 Å². The van der Waals surface area contributed by atoms with Gasteiger partial charge in [-0.05, 0) is 43.3 Å². The van der Waals surface area contributed by atoms with Gasteiger partial charge in [0.15, 0.2) is 5.69 Å². The molecule has 158 valence electrons. The Morgan fingerprint density at radius 3 is 2.53 bits per heavy atom. The number of amides is 1. The first-order valence-electron chi connectivity index (χ1n) is 8.75. The van der Waals surface area contributed by atoms with E-state index in [-0.39, 0.29) is 16.3 Å². The molecule has 0 atom stereocenters. The number of nitrogens with zero attached hydrogens (tertiary/aromatic N) is 4. The Balaban J connectivity index is 1.94. The molecule has 3 rings (SSSR count). The highest BCUT2D eigenvalue weighted by molar-refractivity contribution is 7.89. The van der Waals surface area contributed by atoms with Crippen molar-refractivity contribution in [3.05, 3.63) is 58.9 Å². The summed E-state index contributed by atoms with van der Waals surface area (Å²) in [7, 11) is 0.587. The molecule has 1 N–H and O–H groups in total. The average molecular weight is 450 g/mol. The van der Waals surface area contributed by atoms with Crippen molar-refractivity contribution in [1.82, 2.24) is 19.3 Å². The van der Waals surface area contributed by atoms with E-state index < -0.39 is 15.9 Å². The minimum absolute atomic E-state index is 0.0166. The standard InChI is InChI=1S/C19H20ClN5O4S/c1-12-18(23-25(22-12)14-7-5-6-13(20)10-14)19(26)21-16-11-15(8-9-17(16)29-4)30(27,28)24(2)3/h5-11H,1-4H3,(H,21,26). The van der Waals surface area contributed by atoms with Crippen LogP contribution in [0.3, 0.4) is 0 Å². The SMILES string of the molecule is COc1ccc(S(=O)(=O)N(C)C)cc1NC(=O)c1nn(-c2cccc(Cl)c2)nc1C. The number of anilines is 1. The number of hydrogen-bond acceptors (Lipinski definition) is 6. The van der Waals surface area contributed by atoms with Gasteiger partial charge in [-0.1, -0.05) is 17.7 Å². The van der Waals surface area contributed by atoms with Gasteiger partial charge in [0.1, 0.15) is 5.75 Å². The summed E-state index contributed by atoms with van der Waals surface area (Å²) in [4.78, 5) is 14.2. The Kier molecular flexibility index (Phi) is 6.11. The first-order chi connectivity index (χ1) is 14.1. The number of benzene rings is 2. The lowest BCUT2D eigenvalue weighted by Gasteiger charge is -2.15. The van der Waals surface area contributed by atoms with Gasteiger partial charge in [-0.2, -0.15) is 9.90 Å². The van der Waals surface area contributed by atoms with Crippen LogP contribution >= 0.6 is 11.6 Å². The molecule has 1 aromatic heterocycles. The molecule has 2 aromatic carbocycles. The number of nitrogens with one attached hydrogen (secondary N) is 1. The van der Waals surface area contributed by atoms with Crippen LogP contribution in [0.4, 0.5) is 5.69 Å². The zero-order valence-electron chi connectivity index (χ0n) is 16.7. The molecule has 30 heavy (non-hydrogen) atoms. The first kappa shape index (κ1) is 21.8. The Hall–Kier alpha value is -2.95. The summed E-state index contributed by atoms with van der Waals surface area (Å²) >= 11 is 6.00. The summed E-state index contributed by atoms with van der Waals surface area (Å²) in [6, 6.07) is 11.1. The molecule has 3 aromatic rings. The van der Waals surface area contributed by atoms with Gasteiger partial charge in [-0.3, -0.25) is 4.79 Å². The second-order valence-electron chi connectivity index (χ2n) is 6.51. The van der Waals surface area contributed by atoms with Gasteiger partial charge in [-0.25, -0.2) is 12.7 Å². The molecule has 9 nitrogen and oxygen atoms in total. The van der Waals surface area contributed by atoms with Crippen molar-refractivity contribution in [2.75, 3.05) is 26.5 Å². The molecule has 1 heterocycles. The van der Waals surface area contributed by atoms with Crippen LogP contribution < -0.4 is 10.1 Å². The monoisotopic (exact) mass is 449 g/mol. The van der Waals surface area contributed by atoms with Gasteiger partial charge in [0.2, 0.25) is 10.0 Å². The molecule has 0 unspecified atom stereocenters. The zero-order valence-corrected chi connectivity index (χ0v) is 18.3. The van der Waals surface area contributed by atoms with Crippen LogP contribution in [-0.4, -0.2) is 54.8 Å². The van der Waals surface area contributed by atoms with Crippen molar-refractivity contribution in [3.8, 4) is 11.4 Å². The molecule has 0 radical (unpaired) electrons. The van der Waals surface area contributed by atoms with Gasteiger partial charge in [0.05, 0.1) is 29.1 Å². The van der Waals surface area contributed by atoms with E-state index in [2.05, 4.69) is 15.5 Å². The third-order valence-electron chi connectivity index (χ3n) is 4.23. The predicted octanol–water partition coefficient (Wildman–Crippen LogP) is 2.74. The minimum Gasteiger partial charge on any atom is -0.495 e. The molecule has 0 aliphatic rings. The van der Waals surface area contributed by atoms with Gasteiger partial charge in [0.25, 0.3) is 5.91 Å².